The van der Waals surface area contributed by atoms with Crippen molar-refractivity contribution in [2.45, 2.75) is 51.5 Å². The monoisotopic (exact) mass is 262 g/mol. The van der Waals surface area contributed by atoms with E-state index in [2.05, 4.69) is 17.6 Å². The van der Waals surface area contributed by atoms with Crippen molar-refractivity contribution in [3.05, 3.63) is 16.1 Å². The van der Waals surface area contributed by atoms with E-state index in [1.165, 1.54) is 55.8 Å². The highest BCUT2D eigenvalue weighted by molar-refractivity contribution is 7.09. The van der Waals surface area contributed by atoms with E-state index < -0.39 is 0 Å². The summed E-state index contributed by atoms with van der Waals surface area (Å²) in [7, 11) is 0. The zero-order valence-corrected chi connectivity index (χ0v) is 11.9. The molecule has 4 rings (SSSR count). The molecule has 1 N–H and O–H groups in total. The lowest BCUT2D eigenvalue weighted by molar-refractivity contribution is 0.245. The van der Waals surface area contributed by atoms with Gasteiger partial charge in [-0.1, -0.05) is 0 Å². The van der Waals surface area contributed by atoms with Crippen molar-refractivity contribution in [3.8, 4) is 0 Å². The van der Waals surface area contributed by atoms with Gasteiger partial charge in [0, 0.05) is 18.0 Å². The number of fused-ring (bicyclic) bond motifs is 1. The van der Waals surface area contributed by atoms with Crippen LogP contribution in [0.3, 0.4) is 0 Å². The SMILES string of the molecule is Cc1nc(CC2(CNC3CC3)CC3CC3C2)cs1. The van der Waals surface area contributed by atoms with Gasteiger partial charge in [-0.2, -0.15) is 0 Å². The maximum atomic E-state index is 4.69. The molecule has 0 aliphatic heterocycles. The molecule has 0 saturated heterocycles. The number of aromatic nitrogens is 1. The Morgan fingerprint density at radius 2 is 2.17 bits per heavy atom. The highest BCUT2D eigenvalue weighted by Crippen LogP contribution is 2.60. The largest absolute Gasteiger partial charge is 0.313 e. The summed E-state index contributed by atoms with van der Waals surface area (Å²) in [6.45, 7) is 3.36. The van der Waals surface area contributed by atoms with E-state index >= 15 is 0 Å². The molecule has 2 atom stereocenters. The highest BCUT2D eigenvalue weighted by atomic mass is 32.1. The van der Waals surface area contributed by atoms with Crippen LogP contribution in [0.15, 0.2) is 5.38 Å². The van der Waals surface area contributed by atoms with Crippen LogP contribution in [0.4, 0.5) is 0 Å². The van der Waals surface area contributed by atoms with Crippen LogP contribution in [-0.4, -0.2) is 17.6 Å². The van der Waals surface area contributed by atoms with Crippen molar-refractivity contribution in [3.63, 3.8) is 0 Å². The van der Waals surface area contributed by atoms with E-state index in [-0.39, 0.29) is 0 Å². The zero-order valence-electron chi connectivity index (χ0n) is 11.1. The lowest BCUT2D eigenvalue weighted by atomic mass is 9.78. The Bertz CT molecular complexity index is 439. The highest BCUT2D eigenvalue weighted by Gasteiger charge is 2.53. The van der Waals surface area contributed by atoms with Crippen molar-refractivity contribution in [2.24, 2.45) is 17.3 Å². The zero-order chi connectivity index (χ0) is 12.2. The van der Waals surface area contributed by atoms with Crippen LogP contribution in [0, 0.1) is 24.2 Å². The third kappa shape index (κ3) is 2.23. The fourth-order valence-electron chi connectivity index (χ4n) is 3.88. The van der Waals surface area contributed by atoms with Gasteiger partial charge in [0.1, 0.15) is 0 Å². The fourth-order valence-corrected chi connectivity index (χ4v) is 4.49. The lowest BCUT2D eigenvalue weighted by Gasteiger charge is -2.31. The molecule has 1 aromatic heterocycles. The van der Waals surface area contributed by atoms with Crippen LogP contribution < -0.4 is 5.32 Å². The minimum absolute atomic E-state index is 0.538. The van der Waals surface area contributed by atoms with Crippen molar-refractivity contribution in [2.75, 3.05) is 6.54 Å². The smallest absolute Gasteiger partial charge is 0.0897 e. The molecule has 2 unspecified atom stereocenters. The van der Waals surface area contributed by atoms with Gasteiger partial charge in [-0.25, -0.2) is 4.98 Å². The second-order valence-electron chi connectivity index (χ2n) is 6.85. The predicted molar refractivity (Wildman–Crippen MR) is 74.8 cm³/mol. The minimum Gasteiger partial charge on any atom is -0.313 e. The van der Waals surface area contributed by atoms with Gasteiger partial charge in [0.2, 0.25) is 0 Å². The molecule has 0 spiro atoms. The number of aryl methyl sites for hydroxylation is 1. The van der Waals surface area contributed by atoms with E-state index in [0.717, 1.165) is 17.9 Å². The van der Waals surface area contributed by atoms with E-state index in [9.17, 15) is 0 Å². The molecule has 3 aliphatic rings. The van der Waals surface area contributed by atoms with Crippen LogP contribution in [0.5, 0.6) is 0 Å². The average Bonchev–Trinajstić information content (AvgIpc) is 3.23. The molecule has 0 aromatic carbocycles. The van der Waals surface area contributed by atoms with Crippen molar-refractivity contribution in [1.29, 1.82) is 0 Å². The molecular formula is C15H22N2S. The van der Waals surface area contributed by atoms with Crippen LogP contribution in [-0.2, 0) is 6.42 Å². The average molecular weight is 262 g/mol. The van der Waals surface area contributed by atoms with Crippen LogP contribution in [0.25, 0.3) is 0 Å². The molecule has 3 saturated carbocycles. The first-order valence-corrected chi connectivity index (χ1v) is 8.25. The number of thiazole rings is 1. The van der Waals surface area contributed by atoms with E-state index in [1.807, 2.05) is 0 Å². The standard InChI is InChI=1S/C15H22N2S/c1-10-17-14(8-18-10)7-15(9-16-13-2-3-13)5-11-4-12(11)6-15/h8,11-13,16H,2-7,9H2,1H3. The maximum Gasteiger partial charge on any atom is 0.0897 e. The van der Waals surface area contributed by atoms with Crippen molar-refractivity contribution >= 4 is 11.3 Å². The summed E-state index contributed by atoms with van der Waals surface area (Å²) in [4.78, 5) is 4.69. The molecule has 0 radical (unpaired) electrons. The second-order valence-corrected chi connectivity index (χ2v) is 7.92. The third-order valence-electron chi connectivity index (χ3n) is 5.03. The molecule has 98 valence electrons. The molecule has 1 aromatic rings. The molecule has 18 heavy (non-hydrogen) atoms. The normalized spacial score (nSPS) is 37.8. The first kappa shape index (κ1) is 11.4. The Kier molecular flexibility index (Phi) is 2.56. The van der Waals surface area contributed by atoms with E-state index in [1.54, 1.807) is 11.3 Å². The Balaban J connectivity index is 1.47. The fraction of sp³-hybridized carbons (Fsp3) is 0.800. The molecule has 0 bridgehead atoms. The summed E-state index contributed by atoms with van der Waals surface area (Å²) in [6, 6.07) is 0.843. The number of rotatable bonds is 5. The third-order valence-corrected chi connectivity index (χ3v) is 5.85. The number of hydrogen-bond acceptors (Lipinski definition) is 3. The molecule has 2 nitrogen and oxygen atoms in total. The quantitative estimate of drug-likeness (QED) is 0.881. The lowest BCUT2D eigenvalue weighted by Crippen LogP contribution is -2.36. The Hall–Kier alpha value is -0.410. The molecule has 0 amide bonds. The first-order valence-electron chi connectivity index (χ1n) is 7.37. The van der Waals surface area contributed by atoms with Gasteiger partial charge in [0.25, 0.3) is 0 Å². The van der Waals surface area contributed by atoms with Gasteiger partial charge in [-0.15, -0.1) is 11.3 Å². The van der Waals surface area contributed by atoms with Crippen molar-refractivity contribution < 1.29 is 0 Å². The summed E-state index contributed by atoms with van der Waals surface area (Å²) in [6.07, 6.45) is 8.44. The summed E-state index contributed by atoms with van der Waals surface area (Å²) in [5, 5.41) is 7.28. The topological polar surface area (TPSA) is 24.9 Å². The van der Waals surface area contributed by atoms with Crippen LogP contribution >= 0.6 is 11.3 Å². The van der Waals surface area contributed by atoms with Gasteiger partial charge in [0.15, 0.2) is 0 Å². The van der Waals surface area contributed by atoms with Gasteiger partial charge >= 0.3 is 0 Å². The number of hydrogen-bond donors (Lipinski definition) is 1. The Morgan fingerprint density at radius 1 is 1.39 bits per heavy atom. The van der Waals surface area contributed by atoms with E-state index in [0.29, 0.717) is 5.41 Å². The maximum absolute atomic E-state index is 4.69. The van der Waals surface area contributed by atoms with Crippen LogP contribution in [0.1, 0.15) is 42.8 Å². The summed E-state index contributed by atoms with van der Waals surface area (Å²) in [5.41, 5.74) is 1.88. The number of nitrogens with one attached hydrogen (secondary N) is 1. The predicted octanol–water partition coefficient (Wildman–Crippen LogP) is 3.16. The second kappa shape index (κ2) is 4.04. The molecule has 1 heterocycles. The van der Waals surface area contributed by atoms with Gasteiger partial charge in [-0.3, -0.25) is 0 Å². The minimum atomic E-state index is 0.538. The van der Waals surface area contributed by atoms with Crippen molar-refractivity contribution in [1.82, 2.24) is 10.3 Å². The first-order chi connectivity index (χ1) is 8.72. The van der Waals surface area contributed by atoms with Gasteiger partial charge < -0.3 is 5.32 Å². The summed E-state index contributed by atoms with van der Waals surface area (Å²) >= 11 is 1.80. The van der Waals surface area contributed by atoms with E-state index in [4.69, 9.17) is 4.98 Å². The van der Waals surface area contributed by atoms with Crippen LogP contribution in [0.2, 0.25) is 0 Å². The molecule has 3 aliphatic carbocycles. The summed E-state index contributed by atoms with van der Waals surface area (Å²) in [5.74, 6) is 2.12. The van der Waals surface area contributed by atoms with Gasteiger partial charge in [0.05, 0.1) is 10.7 Å². The van der Waals surface area contributed by atoms with Gasteiger partial charge in [-0.05, 0) is 62.7 Å². The molecule has 3 fully saturated rings. The number of nitrogens with zero attached hydrogens (tertiary/aromatic N) is 1. The molecular weight excluding hydrogens is 240 g/mol. The Labute approximate surface area is 113 Å². The summed E-state index contributed by atoms with van der Waals surface area (Å²) < 4.78 is 0. The Morgan fingerprint density at radius 3 is 2.78 bits per heavy atom. The molecule has 3 heteroatoms.